The van der Waals surface area contributed by atoms with Crippen LogP contribution in [0.1, 0.15) is 50.8 Å². The maximum Gasteiger partial charge on any atom is 0.261 e. The molecule has 4 nitrogen and oxygen atoms in total. The largest absolute Gasteiger partial charge is 0.497 e. The zero-order chi connectivity index (χ0) is 19.4. The number of rotatable bonds is 5. The third-order valence-electron chi connectivity index (χ3n) is 5.12. The Labute approximate surface area is 162 Å². The Bertz CT molecular complexity index is 777. The normalized spacial score (nSPS) is 17.0. The van der Waals surface area contributed by atoms with Crippen molar-refractivity contribution in [1.29, 1.82) is 0 Å². The van der Waals surface area contributed by atoms with Crippen molar-refractivity contribution in [3.8, 4) is 11.5 Å². The minimum Gasteiger partial charge on any atom is -0.497 e. The molecule has 0 spiro atoms. The molecule has 2 aromatic rings. The zero-order valence-corrected chi connectivity index (χ0v) is 16.7. The molecule has 1 unspecified atom stereocenters. The van der Waals surface area contributed by atoms with Gasteiger partial charge in [-0.15, -0.1) is 0 Å². The molecule has 1 aliphatic heterocycles. The Hall–Kier alpha value is -2.49. The molecule has 0 aromatic heterocycles. The van der Waals surface area contributed by atoms with Gasteiger partial charge in [-0.25, -0.2) is 0 Å². The summed E-state index contributed by atoms with van der Waals surface area (Å²) in [4.78, 5) is 14.8. The molecule has 1 heterocycles. The number of amides is 1. The molecule has 1 fully saturated rings. The van der Waals surface area contributed by atoms with Crippen molar-refractivity contribution in [1.82, 2.24) is 4.90 Å². The highest BCUT2D eigenvalue weighted by Gasteiger charge is 2.30. The summed E-state index contributed by atoms with van der Waals surface area (Å²) in [6.45, 7) is 7.30. The van der Waals surface area contributed by atoms with Crippen LogP contribution in [-0.4, -0.2) is 31.1 Å². The van der Waals surface area contributed by atoms with Crippen LogP contribution in [0.3, 0.4) is 0 Å². The van der Waals surface area contributed by atoms with E-state index in [1.54, 1.807) is 7.11 Å². The monoisotopic (exact) mass is 367 g/mol. The molecule has 27 heavy (non-hydrogen) atoms. The highest BCUT2D eigenvalue weighted by atomic mass is 16.5. The third-order valence-corrected chi connectivity index (χ3v) is 5.12. The summed E-state index contributed by atoms with van der Waals surface area (Å²) in [5, 5.41) is 0. The number of nitrogens with zero attached hydrogens (tertiary/aromatic N) is 1. The molecular weight excluding hydrogens is 338 g/mol. The SMILES string of the molecule is COc1ccc(C2CCCN2C(=O)COc2ccccc2C(C)(C)C)cc1. The summed E-state index contributed by atoms with van der Waals surface area (Å²) in [6.07, 6.45) is 2.00. The first kappa shape index (κ1) is 19.3. The van der Waals surface area contributed by atoms with E-state index >= 15 is 0 Å². The minimum atomic E-state index is -0.0289. The lowest BCUT2D eigenvalue weighted by Gasteiger charge is -2.26. The highest BCUT2D eigenvalue weighted by Crippen LogP contribution is 2.34. The summed E-state index contributed by atoms with van der Waals surface area (Å²) in [5.41, 5.74) is 2.24. The van der Waals surface area contributed by atoms with Gasteiger partial charge in [0.1, 0.15) is 11.5 Å². The van der Waals surface area contributed by atoms with E-state index in [2.05, 4.69) is 26.8 Å². The molecule has 144 valence electrons. The van der Waals surface area contributed by atoms with E-state index in [0.717, 1.165) is 42.0 Å². The van der Waals surface area contributed by atoms with Crippen molar-refractivity contribution in [2.45, 2.75) is 45.1 Å². The van der Waals surface area contributed by atoms with Gasteiger partial charge in [0.05, 0.1) is 13.2 Å². The molecule has 3 rings (SSSR count). The number of benzene rings is 2. The maximum atomic E-state index is 12.9. The fourth-order valence-corrected chi connectivity index (χ4v) is 3.67. The third kappa shape index (κ3) is 4.44. The van der Waals surface area contributed by atoms with Crippen molar-refractivity contribution in [2.75, 3.05) is 20.3 Å². The average molecular weight is 367 g/mol. The van der Waals surface area contributed by atoms with Crippen LogP contribution in [0.2, 0.25) is 0 Å². The van der Waals surface area contributed by atoms with E-state index in [9.17, 15) is 4.79 Å². The van der Waals surface area contributed by atoms with Crippen molar-refractivity contribution < 1.29 is 14.3 Å². The molecule has 1 amide bonds. The van der Waals surface area contributed by atoms with Gasteiger partial charge >= 0.3 is 0 Å². The first-order valence-electron chi connectivity index (χ1n) is 9.56. The van der Waals surface area contributed by atoms with Crippen molar-refractivity contribution >= 4 is 5.91 Å². The van der Waals surface area contributed by atoms with E-state index < -0.39 is 0 Å². The smallest absolute Gasteiger partial charge is 0.261 e. The Balaban J connectivity index is 1.69. The Morgan fingerprint density at radius 3 is 2.48 bits per heavy atom. The van der Waals surface area contributed by atoms with Gasteiger partial charge in [-0.1, -0.05) is 51.1 Å². The van der Waals surface area contributed by atoms with E-state index in [1.807, 2.05) is 47.4 Å². The summed E-state index contributed by atoms with van der Waals surface area (Å²) in [7, 11) is 1.66. The molecule has 2 aromatic carbocycles. The minimum absolute atomic E-state index is 0.0289. The molecule has 0 aliphatic carbocycles. The van der Waals surface area contributed by atoms with Crippen LogP contribution in [0, 0.1) is 0 Å². The first-order valence-corrected chi connectivity index (χ1v) is 9.56. The number of hydrogen-bond acceptors (Lipinski definition) is 3. The lowest BCUT2D eigenvalue weighted by Crippen LogP contribution is -2.34. The second-order valence-corrected chi connectivity index (χ2v) is 8.05. The molecule has 0 bridgehead atoms. The second-order valence-electron chi connectivity index (χ2n) is 8.05. The molecule has 0 saturated carbocycles. The number of carbonyl (C=O) groups is 1. The first-order chi connectivity index (χ1) is 12.9. The fourth-order valence-electron chi connectivity index (χ4n) is 3.67. The summed E-state index contributed by atoms with van der Waals surface area (Å²) in [5.74, 6) is 1.66. The highest BCUT2D eigenvalue weighted by molar-refractivity contribution is 5.78. The van der Waals surface area contributed by atoms with Gasteiger partial charge in [0.25, 0.3) is 5.91 Å². The maximum absolute atomic E-state index is 12.9. The zero-order valence-electron chi connectivity index (χ0n) is 16.7. The lowest BCUT2D eigenvalue weighted by atomic mass is 9.86. The quantitative estimate of drug-likeness (QED) is 0.766. The van der Waals surface area contributed by atoms with Crippen LogP contribution in [0.4, 0.5) is 0 Å². The molecule has 1 aliphatic rings. The van der Waals surface area contributed by atoms with Crippen molar-refractivity contribution in [3.05, 3.63) is 59.7 Å². The van der Waals surface area contributed by atoms with Gasteiger partial charge in [-0.3, -0.25) is 4.79 Å². The van der Waals surface area contributed by atoms with Gasteiger partial charge in [-0.05, 0) is 47.6 Å². The Morgan fingerprint density at radius 1 is 1.11 bits per heavy atom. The van der Waals surface area contributed by atoms with E-state index in [-0.39, 0.29) is 24.0 Å². The Kier molecular flexibility index (Phi) is 5.73. The van der Waals surface area contributed by atoms with Crippen molar-refractivity contribution in [3.63, 3.8) is 0 Å². The average Bonchev–Trinajstić information content (AvgIpc) is 3.15. The predicted octanol–water partition coefficient (Wildman–Crippen LogP) is 4.74. The molecule has 0 radical (unpaired) electrons. The topological polar surface area (TPSA) is 38.8 Å². The number of ether oxygens (including phenoxy) is 2. The summed E-state index contributed by atoms with van der Waals surface area (Å²) in [6, 6.07) is 16.1. The van der Waals surface area contributed by atoms with Crippen LogP contribution >= 0.6 is 0 Å². The van der Waals surface area contributed by atoms with Crippen LogP contribution in [0.5, 0.6) is 11.5 Å². The van der Waals surface area contributed by atoms with E-state index in [0.29, 0.717) is 0 Å². The molecule has 0 N–H and O–H groups in total. The number of carbonyl (C=O) groups excluding carboxylic acids is 1. The fraction of sp³-hybridized carbons (Fsp3) is 0.435. The van der Waals surface area contributed by atoms with Gasteiger partial charge < -0.3 is 14.4 Å². The van der Waals surface area contributed by atoms with Crippen LogP contribution in [-0.2, 0) is 10.2 Å². The summed E-state index contributed by atoms with van der Waals surface area (Å²) < 4.78 is 11.2. The van der Waals surface area contributed by atoms with Gasteiger partial charge in [-0.2, -0.15) is 0 Å². The molecule has 1 atom stereocenters. The number of methoxy groups -OCH3 is 1. The molecule has 1 saturated heterocycles. The second kappa shape index (κ2) is 8.03. The Morgan fingerprint density at radius 2 is 1.81 bits per heavy atom. The summed E-state index contributed by atoms with van der Waals surface area (Å²) >= 11 is 0. The number of likely N-dealkylation sites (tertiary alicyclic amines) is 1. The van der Waals surface area contributed by atoms with Gasteiger partial charge in [0, 0.05) is 6.54 Å². The number of hydrogen-bond donors (Lipinski definition) is 0. The predicted molar refractivity (Wildman–Crippen MR) is 107 cm³/mol. The van der Waals surface area contributed by atoms with Crippen LogP contribution < -0.4 is 9.47 Å². The number of para-hydroxylation sites is 1. The van der Waals surface area contributed by atoms with Gasteiger partial charge in [0.2, 0.25) is 0 Å². The lowest BCUT2D eigenvalue weighted by molar-refractivity contribution is -0.134. The standard InChI is InChI=1S/C23H29NO3/c1-23(2,3)19-8-5-6-10-21(19)27-16-22(25)24-15-7-9-20(24)17-11-13-18(26-4)14-12-17/h5-6,8,10-14,20H,7,9,15-16H2,1-4H3. The van der Waals surface area contributed by atoms with Crippen LogP contribution in [0.25, 0.3) is 0 Å². The molecule has 4 heteroatoms. The van der Waals surface area contributed by atoms with Crippen molar-refractivity contribution in [2.24, 2.45) is 0 Å². The van der Waals surface area contributed by atoms with E-state index in [4.69, 9.17) is 9.47 Å². The van der Waals surface area contributed by atoms with E-state index in [1.165, 1.54) is 0 Å². The molecular formula is C23H29NO3. The van der Waals surface area contributed by atoms with Crippen LogP contribution in [0.15, 0.2) is 48.5 Å². The van der Waals surface area contributed by atoms with Gasteiger partial charge in [0.15, 0.2) is 6.61 Å².